The van der Waals surface area contributed by atoms with E-state index in [2.05, 4.69) is 10.7 Å². The molecule has 1 amide bonds. The van der Waals surface area contributed by atoms with E-state index >= 15 is 0 Å². The van der Waals surface area contributed by atoms with Crippen LogP contribution in [0.15, 0.2) is 60.7 Å². The van der Waals surface area contributed by atoms with Crippen molar-refractivity contribution in [3.63, 3.8) is 0 Å². The molecular formula is C23H22F3NO4. The Bertz CT molecular complexity index is 921. The number of alkyl halides is 3. The average Bonchev–Trinajstić information content (AvgIpc) is 2.75. The third-order valence-corrected chi connectivity index (χ3v) is 4.17. The number of benzene rings is 2. The van der Waals surface area contributed by atoms with Crippen LogP contribution in [0.4, 0.5) is 18.0 Å². The summed E-state index contributed by atoms with van der Waals surface area (Å²) < 4.78 is 51.3. The highest BCUT2D eigenvalue weighted by Crippen LogP contribution is 2.32. The van der Waals surface area contributed by atoms with Crippen LogP contribution in [0.25, 0.3) is 0 Å². The fraction of sp³-hybridized carbons (Fsp3) is 0.304. The molecule has 2 rings (SSSR count). The molecule has 5 nitrogen and oxygen atoms in total. The molecule has 31 heavy (non-hydrogen) atoms. The summed E-state index contributed by atoms with van der Waals surface area (Å²) in [4.78, 5) is 24.4. The first-order chi connectivity index (χ1) is 14.8. The number of hydrogen-bond acceptors (Lipinski definition) is 4. The number of carbonyl (C=O) groups excluding carboxylic acids is 2. The zero-order chi connectivity index (χ0) is 22.7. The van der Waals surface area contributed by atoms with Gasteiger partial charge in [-0.05, 0) is 24.5 Å². The molecule has 2 aromatic rings. The quantitative estimate of drug-likeness (QED) is 0.519. The van der Waals surface area contributed by atoms with E-state index in [1.165, 1.54) is 6.92 Å². The van der Waals surface area contributed by atoms with Crippen molar-refractivity contribution in [2.75, 3.05) is 6.61 Å². The second kappa shape index (κ2) is 11.1. The van der Waals surface area contributed by atoms with Crippen molar-refractivity contribution in [3.8, 4) is 11.8 Å². The van der Waals surface area contributed by atoms with E-state index in [-0.39, 0.29) is 19.6 Å². The van der Waals surface area contributed by atoms with Crippen LogP contribution in [0.5, 0.6) is 0 Å². The van der Waals surface area contributed by atoms with Crippen LogP contribution < -0.4 is 5.32 Å². The minimum atomic E-state index is -5.23. The van der Waals surface area contributed by atoms with Gasteiger partial charge in [-0.3, -0.25) is 5.32 Å². The van der Waals surface area contributed by atoms with Crippen molar-refractivity contribution < 1.29 is 32.2 Å². The summed E-state index contributed by atoms with van der Waals surface area (Å²) in [7, 11) is 0. The van der Waals surface area contributed by atoms with Crippen LogP contribution in [0.1, 0.15) is 24.5 Å². The second-order valence-electron chi connectivity index (χ2n) is 6.44. The topological polar surface area (TPSA) is 64.6 Å². The highest BCUT2D eigenvalue weighted by molar-refractivity contribution is 5.90. The zero-order valence-corrected chi connectivity index (χ0v) is 16.9. The van der Waals surface area contributed by atoms with Crippen LogP contribution in [-0.2, 0) is 27.3 Å². The lowest BCUT2D eigenvalue weighted by atomic mass is 9.99. The van der Waals surface area contributed by atoms with Crippen molar-refractivity contribution >= 4 is 12.1 Å². The van der Waals surface area contributed by atoms with Crippen molar-refractivity contribution in [2.45, 2.75) is 38.1 Å². The number of halogens is 3. The standard InChI is InChI=1S/C23H22F3NO4/c1-2-30-20(28)22(23(24,25)26,16-10-9-13-18-11-5-3-6-12-18)27-21(29)31-17-19-14-7-4-8-15-19/h3-8,11-12,14-15H,2,9,13,17H2,1H3,(H,27,29). The number of nitrogens with one attached hydrogen (secondary N) is 1. The van der Waals surface area contributed by atoms with Gasteiger partial charge in [0.15, 0.2) is 0 Å². The number of carbonyl (C=O) groups is 2. The largest absolute Gasteiger partial charge is 0.463 e. The summed E-state index contributed by atoms with van der Waals surface area (Å²) in [5, 5.41) is 1.59. The smallest absolute Gasteiger partial charge is 0.434 e. The highest BCUT2D eigenvalue weighted by atomic mass is 19.4. The molecule has 0 radical (unpaired) electrons. The number of esters is 1. The highest BCUT2D eigenvalue weighted by Gasteiger charge is 2.63. The van der Waals surface area contributed by atoms with Gasteiger partial charge in [-0.15, -0.1) is 0 Å². The summed E-state index contributed by atoms with van der Waals surface area (Å²) in [6.45, 7) is 0.767. The Labute approximate surface area is 178 Å². The SMILES string of the molecule is CCOC(=O)C(C#CCCc1ccccc1)(NC(=O)OCc1ccccc1)C(F)(F)F. The summed E-state index contributed by atoms with van der Waals surface area (Å²) in [5.74, 6) is 2.54. The molecule has 0 aliphatic rings. The fourth-order valence-corrected chi connectivity index (χ4v) is 2.59. The Kier molecular flexibility index (Phi) is 8.50. The van der Waals surface area contributed by atoms with Gasteiger partial charge in [-0.2, -0.15) is 13.2 Å². The Morgan fingerprint density at radius 3 is 2.06 bits per heavy atom. The van der Waals surface area contributed by atoms with E-state index in [1.54, 1.807) is 47.8 Å². The van der Waals surface area contributed by atoms with Crippen LogP contribution >= 0.6 is 0 Å². The predicted octanol–water partition coefficient (Wildman–Crippen LogP) is 4.41. The van der Waals surface area contributed by atoms with Gasteiger partial charge in [0.05, 0.1) is 6.61 Å². The number of alkyl carbamates (subject to hydrolysis) is 1. The monoisotopic (exact) mass is 433 g/mol. The van der Waals surface area contributed by atoms with E-state index in [9.17, 15) is 22.8 Å². The van der Waals surface area contributed by atoms with Gasteiger partial charge >= 0.3 is 18.2 Å². The predicted molar refractivity (Wildman–Crippen MR) is 108 cm³/mol. The number of rotatable bonds is 7. The minimum Gasteiger partial charge on any atom is -0.463 e. The maximum Gasteiger partial charge on any atom is 0.434 e. The molecule has 0 aromatic heterocycles. The summed E-state index contributed by atoms with van der Waals surface area (Å²) in [5.41, 5.74) is -2.09. The molecule has 0 heterocycles. The third-order valence-electron chi connectivity index (χ3n) is 4.17. The van der Waals surface area contributed by atoms with E-state index in [4.69, 9.17) is 4.74 Å². The molecule has 164 valence electrons. The Morgan fingerprint density at radius 1 is 0.935 bits per heavy atom. The van der Waals surface area contributed by atoms with Gasteiger partial charge in [0.25, 0.3) is 5.54 Å². The molecule has 1 atom stereocenters. The molecule has 0 spiro atoms. The second-order valence-corrected chi connectivity index (χ2v) is 6.44. The van der Waals surface area contributed by atoms with Gasteiger partial charge in [0, 0.05) is 6.42 Å². The summed E-state index contributed by atoms with van der Waals surface area (Å²) in [6.07, 6.45) is -6.25. The average molecular weight is 433 g/mol. The summed E-state index contributed by atoms with van der Waals surface area (Å²) in [6, 6.07) is 17.4. The van der Waals surface area contributed by atoms with Gasteiger partial charge < -0.3 is 9.47 Å². The molecule has 0 saturated carbocycles. The molecule has 0 saturated heterocycles. The maximum atomic E-state index is 13.9. The summed E-state index contributed by atoms with van der Waals surface area (Å²) >= 11 is 0. The first-order valence-electron chi connectivity index (χ1n) is 9.55. The molecule has 2 aromatic carbocycles. The Morgan fingerprint density at radius 2 is 1.52 bits per heavy atom. The first kappa shape index (κ1) is 23.8. The number of aryl methyl sites for hydroxylation is 1. The molecule has 0 aliphatic carbocycles. The molecule has 0 bridgehead atoms. The first-order valence-corrected chi connectivity index (χ1v) is 9.55. The van der Waals surface area contributed by atoms with Crippen molar-refractivity contribution in [3.05, 3.63) is 71.8 Å². The van der Waals surface area contributed by atoms with Gasteiger partial charge in [0.2, 0.25) is 0 Å². The van der Waals surface area contributed by atoms with Crippen LogP contribution in [0.3, 0.4) is 0 Å². The lowest BCUT2D eigenvalue weighted by molar-refractivity contribution is -0.198. The number of hydrogen-bond donors (Lipinski definition) is 1. The van der Waals surface area contributed by atoms with Crippen LogP contribution in [0, 0.1) is 11.8 Å². The van der Waals surface area contributed by atoms with Gasteiger partial charge in [-0.1, -0.05) is 72.5 Å². The van der Waals surface area contributed by atoms with Gasteiger partial charge in [0.1, 0.15) is 6.61 Å². The van der Waals surface area contributed by atoms with Crippen LogP contribution in [0.2, 0.25) is 0 Å². The molecule has 1 N–H and O–H groups in total. The molecule has 1 unspecified atom stereocenters. The minimum absolute atomic E-state index is 0.0436. The lowest BCUT2D eigenvalue weighted by Crippen LogP contribution is -2.63. The normalized spacial score (nSPS) is 12.6. The fourth-order valence-electron chi connectivity index (χ4n) is 2.59. The van der Waals surface area contributed by atoms with E-state index in [0.29, 0.717) is 12.0 Å². The number of amides is 1. The van der Waals surface area contributed by atoms with Gasteiger partial charge in [-0.25, -0.2) is 9.59 Å². The van der Waals surface area contributed by atoms with Crippen molar-refractivity contribution in [1.29, 1.82) is 0 Å². The molecule has 0 fully saturated rings. The van der Waals surface area contributed by atoms with Crippen molar-refractivity contribution in [2.24, 2.45) is 0 Å². The Balaban J connectivity index is 2.20. The maximum absolute atomic E-state index is 13.9. The zero-order valence-electron chi connectivity index (χ0n) is 16.9. The van der Waals surface area contributed by atoms with E-state index < -0.39 is 23.8 Å². The third kappa shape index (κ3) is 6.78. The van der Waals surface area contributed by atoms with Crippen LogP contribution in [-0.4, -0.2) is 30.4 Å². The van der Waals surface area contributed by atoms with Crippen molar-refractivity contribution in [1.82, 2.24) is 5.32 Å². The molecule has 0 aliphatic heterocycles. The van der Waals surface area contributed by atoms with E-state index in [0.717, 1.165) is 5.56 Å². The molecular weight excluding hydrogens is 411 g/mol. The molecule has 8 heteroatoms. The Hall–Kier alpha value is -3.47. The lowest BCUT2D eigenvalue weighted by Gasteiger charge is -2.29. The van der Waals surface area contributed by atoms with E-state index in [1.807, 2.05) is 24.1 Å². The number of ether oxygens (including phenoxy) is 2.